The Morgan fingerprint density at radius 3 is 2.23 bits per heavy atom. The number of carbonyl (C=O) groups excluding carboxylic acids is 1. The molecule has 0 spiro atoms. The standard InChI is InChI=1S/C15H12F3NO2.H2O/c16-15(17,18)12-8-4-5-9-13(12)19-14(20)10-21-11-6-2-1-3-7-11;/h1-9H,10H2,(H,19,20);1H2. The Labute approximate surface area is 124 Å². The minimum absolute atomic E-state index is 0. The highest BCUT2D eigenvalue weighted by Gasteiger charge is 2.33. The molecule has 3 N–H and O–H groups in total. The molecule has 118 valence electrons. The number of hydrogen-bond acceptors (Lipinski definition) is 2. The molecule has 0 aliphatic rings. The van der Waals surface area contributed by atoms with Gasteiger partial charge in [0.1, 0.15) is 5.75 Å². The molecular weight excluding hydrogens is 299 g/mol. The van der Waals surface area contributed by atoms with Gasteiger partial charge in [-0.1, -0.05) is 30.3 Å². The molecule has 1 amide bonds. The van der Waals surface area contributed by atoms with Gasteiger partial charge in [0.25, 0.3) is 5.91 Å². The van der Waals surface area contributed by atoms with Gasteiger partial charge in [-0.25, -0.2) is 0 Å². The summed E-state index contributed by atoms with van der Waals surface area (Å²) in [5, 5.41) is 2.20. The quantitative estimate of drug-likeness (QED) is 0.943. The fourth-order valence-corrected chi connectivity index (χ4v) is 1.69. The van der Waals surface area contributed by atoms with Crippen molar-refractivity contribution in [2.75, 3.05) is 11.9 Å². The van der Waals surface area contributed by atoms with Gasteiger partial charge in [0.2, 0.25) is 0 Å². The van der Waals surface area contributed by atoms with E-state index in [1.807, 2.05) is 0 Å². The SMILES string of the molecule is O.O=C(COc1ccccc1)Nc1ccccc1C(F)(F)F. The normalized spacial score (nSPS) is 10.5. The summed E-state index contributed by atoms with van der Waals surface area (Å²) in [4.78, 5) is 11.7. The van der Waals surface area contributed by atoms with E-state index in [0.717, 1.165) is 6.07 Å². The van der Waals surface area contributed by atoms with Crippen LogP contribution in [0.25, 0.3) is 0 Å². The number of nitrogens with one attached hydrogen (secondary N) is 1. The van der Waals surface area contributed by atoms with Crippen LogP contribution in [0.1, 0.15) is 5.56 Å². The summed E-state index contributed by atoms with van der Waals surface area (Å²) < 4.78 is 43.5. The van der Waals surface area contributed by atoms with Crippen molar-refractivity contribution in [3.63, 3.8) is 0 Å². The molecule has 0 bridgehead atoms. The maximum absolute atomic E-state index is 12.8. The number of amides is 1. The second kappa shape index (κ2) is 7.46. The molecule has 0 radical (unpaired) electrons. The highest BCUT2D eigenvalue weighted by Crippen LogP contribution is 2.34. The molecule has 22 heavy (non-hydrogen) atoms. The lowest BCUT2D eigenvalue weighted by Gasteiger charge is -2.13. The van der Waals surface area contributed by atoms with E-state index in [1.165, 1.54) is 18.2 Å². The topological polar surface area (TPSA) is 69.8 Å². The van der Waals surface area contributed by atoms with Gasteiger partial charge < -0.3 is 15.5 Å². The Hall–Kier alpha value is -2.54. The van der Waals surface area contributed by atoms with E-state index < -0.39 is 17.6 Å². The number of carbonyl (C=O) groups is 1. The summed E-state index contributed by atoms with van der Waals surface area (Å²) in [5.74, 6) is -0.188. The van der Waals surface area contributed by atoms with Crippen LogP contribution in [0.2, 0.25) is 0 Å². The van der Waals surface area contributed by atoms with Gasteiger partial charge in [-0.15, -0.1) is 0 Å². The number of para-hydroxylation sites is 2. The number of anilines is 1. The number of hydrogen-bond donors (Lipinski definition) is 1. The maximum Gasteiger partial charge on any atom is 0.418 e. The first-order valence-corrected chi connectivity index (χ1v) is 6.11. The first-order chi connectivity index (χ1) is 9.97. The van der Waals surface area contributed by atoms with Crippen LogP contribution in [-0.2, 0) is 11.0 Å². The van der Waals surface area contributed by atoms with Crippen LogP contribution in [0.4, 0.5) is 18.9 Å². The highest BCUT2D eigenvalue weighted by atomic mass is 19.4. The summed E-state index contributed by atoms with van der Waals surface area (Å²) in [7, 11) is 0. The van der Waals surface area contributed by atoms with Gasteiger partial charge in [0.05, 0.1) is 11.3 Å². The van der Waals surface area contributed by atoms with Crippen LogP contribution < -0.4 is 10.1 Å². The van der Waals surface area contributed by atoms with Crippen molar-refractivity contribution in [3.05, 3.63) is 60.2 Å². The summed E-state index contributed by atoms with van der Waals surface area (Å²) in [6.07, 6.45) is -4.52. The zero-order valence-corrected chi connectivity index (χ0v) is 11.4. The summed E-state index contributed by atoms with van der Waals surface area (Å²) in [6.45, 7) is -0.365. The highest BCUT2D eigenvalue weighted by molar-refractivity contribution is 5.92. The number of rotatable bonds is 4. The van der Waals surface area contributed by atoms with Crippen LogP contribution >= 0.6 is 0 Å². The zero-order chi connectivity index (χ0) is 15.3. The third-order valence-corrected chi connectivity index (χ3v) is 2.62. The van der Waals surface area contributed by atoms with Crippen LogP contribution in [0, 0.1) is 0 Å². The van der Waals surface area contributed by atoms with Crippen molar-refractivity contribution in [1.82, 2.24) is 0 Å². The molecule has 0 heterocycles. The summed E-state index contributed by atoms with van der Waals surface area (Å²) in [6, 6.07) is 13.3. The Balaban J connectivity index is 0.00000242. The third kappa shape index (κ3) is 4.78. The molecule has 4 nitrogen and oxygen atoms in total. The zero-order valence-electron chi connectivity index (χ0n) is 11.4. The van der Waals surface area contributed by atoms with Crippen molar-refractivity contribution >= 4 is 11.6 Å². The van der Waals surface area contributed by atoms with E-state index in [-0.39, 0.29) is 17.8 Å². The van der Waals surface area contributed by atoms with E-state index in [4.69, 9.17) is 4.74 Å². The van der Waals surface area contributed by atoms with Crippen LogP contribution in [0.15, 0.2) is 54.6 Å². The van der Waals surface area contributed by atoms with E-state index in [9.17, 15) is 18.0 Å². The minimum Gasteiger partial charge on any atom is -0.484 e. The molecule has 2 rings (SSSR count). The largest absolute Gasteiger partial charge is 0.484 e. The smallest absolute Gasteiger partial charge is 0.418 e. The van der Waals surface area contributed by atoms with Gasteiger partial charge in [-0.2, -0.15) is 13.2 Å². The Morgan fingerprint density at radius 1 is 1.00 bits per heavy atom. The van der Waals surface area contributed by atoms with Gasteiger partial charge in [0, 0.05) is 0 Å². The van der Waals surface area contributed by atoms with Crippen molar-refractivity contribution in [3.8, 4) is 5.75 Å². The molecule has 7 heteroatoms. The Morgan fingerprint density at radius 2 is 1.59 bits per heavy atom. The van der Waals surface area contributed by atoms with Crippen LogP contribution in [-0.4, -0.2) is 18.0 Å². The first kappa shape index (κ1) is 17.5. The predicted molar refractivity (Wildman–Crippen MR) is 75.6 cm³/mol. The van der Waals surface area contributed by atoms with E-state index >= 15 is 0 Å². The number of halogens is 3. The number of benzene rings is 2. The van der Waals surface area contributed by atoms with Crippen molar-refractivity contribution in [1.29, 1.82) is 0 Å². The predicted octanol–water partition coefficient (Wildman–Crippen LogP) is 2.90. The molecule has 0 aromatic heterocycles. The summed E-state index contributed by atoms with van der Waals surface area (Å²) >= 11 is 0. The lowest BCUT2D eigenvalue weighted by Crippen LogP contribution is -2.22. The van der Waals surface area contributed by atoms with Crippen LogP contribution in [0.3, 0.4) is 0 Å². The molecule has 2 aromatic rings. The fourth-order valence-electron chi connectivity index (χ4n) is 1.69. The van der Waals surface area contributed by atoms with Gasteiger partial charge in [-0.05, 0) is 24.3 Å². The summed E-state index contributed by atoms with van der Waals surface area (Å²) in [5.41, 5.74) is -1.18. The van der Waals surface area contributed by atoms with Gasteiger partial charge in [0.15, 0.2) is 6.61 Å². The van der Waals surface area contributed by atoms with Crippen molar-refractivity contribution in [2.45, 2.75) is 6.18 Å². The first-order valence-electron chi connectivity index (χ1n) is 6.11. The average molecular weight is 313 g/mol. The van der Waals surface area contributed by atoms with Crippen molar-refractivity contribution in [2.24, 2.45) is 0 Å². The molecule has 0 aliphatic heterocycles. The monoisotopic (exact) mass is 313 g/mol. The Bertz CT molecular complexity index is 615. The molecule has 2 aromatic carbocycles. The molecule has 0 fully saturated rings. The third-order valence-electron chi connectivity index (χ3n) is 2.62. The van der Waals surface area contributed by atoms with Gasteiger partial charge in [-0.3, -0.25) is 4.79 Å². The van der Waals surface area contributed by atoms with E-state index in [2.05, 4.69) is 5.32 Å². The minimum atomic E-state index is -4.52. The molecule has 0 saturated heterocycles. The average Bonchev–Trinajstić information content (AvgIpc) is 2.46. The lowest BCUT2D eigenvalue weighted by atomic mass is 10.1. The second-order valence-electron chi connectivity index (χ2n) is 4.19. The number of ether oxygens (including phenoxy) is 1. The Kier molecular flexibility index (Phi) is 5.94. The molecule has 0 saturated carbocycles. The fraction of sp³-hybridized carbons (Fsp3) is 0.133. The van der Waals surface area contributed by atoms with E-state index in [1.54, 1.807) is 30.3 Å². The molecule has 0 unspecified atom stereocenters. The molecule has 0 atom stereocenters. The lowest BCUT2D eigenvalue weighted by molar-refractivity contribution is -0.137. The maximum atomic E-state index is 12.8. The molecule has 0 aliphatic carbocycles. The number of alkyl halides is 3. The second-order valence-corrected chi connectivity index (χ2v) is 4.19. The van der Waals surface area contributed by atoms with E-state index in [0.29, 0.717) is 5.75 Å². The van der Waals surface area contributed by atoms with Gasteiger partial charge >= 0.3 is 6.18 Å². The molecular formula is C15H14F3NO3. The van der Waals surface area contributed by atoms with Crippen molar-refractivity contribution < 1.29 is 28.2 Å². The van der Waals surface area contributed by atoms with Crippen LogP contribution in [0.5, 0.6) is 5.75 Å².